The van der Waals surface area contributed by atoms with Crippen LogP contribution < -0.4 is 5.73 Å². The summed E-state index contributed by atoms with van der Waals surface area (Å²) < 4.78 is 0. The molecule has 2 aliphatic rings. The van der Waals surface area contributed by atoms with Crippen molar-refractivity contribution in [1.82, 2.24) is 9.80 Å². The largest absolute Gasteiger partial charge is 0.345 e. The van der Waals surface area contributed by atoms with Gasteiger partial charge < -0.3 is 15.5 Å². The van der Waals surface area contributed by atoms with Gasteiger partial charge in [-0.05, 0) is 6.42 Å². The van der Waals surface area contributed by atoms with Crippen LogP contribution in [-0.4, -0.2) is 54.3 Å². The van der Waals surface area contributed by atoms with Crippen LogP contribution in [0.3, 0.4) is 0 Å². The van der Waals surface area contributed by atoms with E-state index in [1.54, 1.807) is 16.8 Å². The monoisotopic (exact) mass is 211 g/mol. The highest BCUT2D eigenvalue weighted by Gasteiger charge is 2.36. The van der Waals surface area contributed by atoms with Crippen molar-refractivity contribution in [2.75, 3.05) is 26.7 Å². The van der Waals surface area contributed by atoms with Gasteiger partial charge in [0, 0.05) is 39.1 Å². The zero-order valence-corrected chi connectivity index (χ0v) is 8.98. The molecule has 2 N–H and O–H groups in total. The van der Waals surface area contributed by atoms with Gasteiger partial charge in [-0.2, -0.15) is 0 Å². The average Bonchev–Trinajstić information content (AvgIpc) is 2.74. The Morgan fingerprint density at radius 1 is 1.47 bits per heavy atom. The summed E-state index contributed by atoms with van der Waals surface area (Å²) in [6, 6.07) is 0.115. The van der Waals surface area contributed by atoms with E-state index in [-0.39, 0.29) is 23.8 Å². The second-order valence-corrected chi connectivity index (χ2v) is 4.51. The minimum Gasteiger partial charge on any atom is -0.345 e. The molecule has 0 aromatic rings. The van der Waals surface area contributed by atoms with Crippen LogP contribution in [0.4, 0.5) is 0 Å². The lowest BCUT2D eigenvalue weighted by atomic mass is 10.1. The number of rotatable bonds is 1. The van der Waals surface area contributed by atoms with E-state index in [1.165, 1.54) is 0 Å². The third-order valence-corrected chi connectivity index (χ3v) is 3.23. The maximum absolute atomic E-state index is 12.0. The number of nitrogens with two attached hydrogens (primary N) is 1. The van der Waals surface area contributed by atoms with E-state index in [0.717, 1.165) is 13.0 Å². The van der Waals surface area contributed by atoms with Crippen LogP contribution in [0.5, 0.6) is 0 Å². The van der Waals surface area contributed by atoms with Crippen LogP contribution in [0.25, 0.3) is 0 Å². The Kier molecular flexibility index (Phi) is 2.65. The van der Waals surface area contributed by atoms with Crippen molar-refractivity contribution in [1.29, 1.82) is 0 Å². The lowest BCUT2D eigenvalue weighted by molar-refractivity contribution is -0.134. The molecule has 0 saturated carbocycles. The van der Waals surface area contributed by atoms with Crippen LogP contribution in [0.1, 0.15) is 12.8 Å². The smallest absolute Gasteiger partial charge is 0.228 e. The molecule has 0 radical (unpaired) electrons. The lowest BCUT2D eigenvalue weighted by Crippen LogP contribution is -2.37. The first-order chi connectivity index (χ1) is 7.08. The summed E-state index contributed by atoms with van der Waals surface area (Å²) in [5.74, 6) is 0.0188. The number of amides is 2. The van der Waals surface area contributed by atoms with Crippen molar-refractivity contribution in [2.24, 2.45) is 11.7 Å². The maximum atomic E-state index is 12.0. The van der Waals surface area contributed by atoms with Crippen LogP contribution in [0.15, 0.2) is 0 Å². The summed E-state index contributed by atoms with van der Waals surface area (Å²) >= 11 is 0. The highest BCUT2D eigenvalue weighted by atomic mass is 16.2. The van der Waals surface area contributed by atoms with Gasteiger partial charge in [0.05, 0.1) is 5.92 Å². The maximum Gasteiger partial charge on any atom is 0.228 e. The van der Waals surface area contributed by atoms with Crippen molar-refractivity contribution >= 4 is 11.8 Å². The first kappa shape index (κ1) is 10.4. The molecule has 2 amide bonds. The quantitative estimate of drug-likeness (QED) is 0.606. The molecule has 2 heterocycles. The summed E-state index contributed by atoms with van der Waals surface area (Å²) in [4.78, 5) is 26.7. The van der Waals surface area contributed by atoms with Crippen molar-refractivity contribution in [2.45, 2.75) is 18.9 Å². The van der Waals surface area contributed by atoms with Crippen LogP contribution in [0, 0.1) is 5.92 Å². The second kappa shape index (κ2) is 3.81. The zero-order chi connectivity index (χ0) is 11.0. The number of hydrogen-bond acceptors (Lipinski definition) is 3. The Bertz CT molecular complexity index is 292. The van der Waals surface area contributed by atoms with Gasteiger partial charge in [0.2, 0.25) is 11.8 Å². The van der Waals surface area contributed by atoms with Crippen molar-refractivity contribution < 1.29 is 9.59 Å². The first-order valence-corrected chi connectivity index (χ1v) is 5.36. The molecule has 2 fully saturated rings. The molecule has 2 saturated heterocycles. The van der Waals surface area contributed by atoms with Crippen LogP contribution in [0.2, 0.25) is 0 Å². The van der Waals surface area contributed by atoms with Gasteiger partial charge in [0.15, 0.2) is 0 Å². The summed E-state index contributed by atoms with van der Waals surface area (Å²) in [5.41, 5.74) is 5.74. The van der Waals surface area contributed by atoms with Gasteiger partial charge >= 0.3 is 0 Å². The van der Waals surface area contributed by atoms with E-state index in [0.29, 0.717) is 19.5 Å². The summed E-state index contributed by atoms with van der Waals surface area (Å²) in [6.07, 6.45) is 1.24. The Labute approximate surface area is 89.2 Å². The molecular formula is C10H17N3O2. The van der Waals surface area contributed by atoms with Gasteiger partial charge in [-0.15, -0.1) is 0 Å². The molecule has 2 atom stereocenters. The Hall–Kier alpha value is -1.10. The predicted octanol–water partition coefficient (Wildman–Crippen LogP) is -0.976. The molecule has 2 aliphatic heterocycles. The number of hydrogen-bond donors (Lipinski definition) is 1. The van der Waals surface area contributed by atoms with E-state index >= 15 is 0 Å². The molecule has 15 heavy (non-hydrogen) atoms. The van der Waals surface area contributed by atoms with Gasteiger partial charge in [-0.3, -0.25) is 9.59 Å². The highest BCUT2D eigenvalue weighted by molar-refractivity contribution is 5.89. The molecule has 0 aromatic carbocycles. The Balaban J connectivity index is 1.94. The predicted molar refractivity (Wildman–Crippen MR) is 54.9 cm³/mol. The summed E-state index contributed by atoms with van der Waals surface area (Å²) in [7, 11) is 1.74. The minimum absolute atomic E-state index is 0.0665. The van der Waals surface area contributed by atoms with Crippen molar-refractivity contribution in [3.8, 4) is 0 Å². The van der Waals surface area contributed by atoms with Crippen molar-refractivity contribution in [3.63, 3.8) is 0 Å². The molecule has 5 heteroatoms. The highest BCUT2D eigenvalue weighted by Crippen LogP contribution is 2.20. The van der Waals surface area contributed by atoms with Gasteiger partial charge in [0.25, 0.3) is 0 Å². The number of carbonyl (C=O) groups is 2. The standard InChI is InChI=1S/C10H17N3O2/c1-12-5-7(4-9(12)14)10(15)13-3-2-8(11)6-13/h7-8H,2-6,11H2,1H3/t7?,8-/m0/s1. The fourth-order valence-corrected chi connectivity index (χ4v) is 2.27. The molecule has 0 spiro atoms. The molecule has 84 valence electrons. The zero-order valence-electron chi connectivity index (χ0n) is 8.98. The average molecular weight is 211 g/mol. The third kappa shape index (κ3) is 1.97. The van der Waals surface area contributed by atoms with Gasteiger partial charge in [0.1, 0.15) is 0 Å². The van der Waals surface area contributed by atoms with E-state index in [9.17, 15) is 9.59 Å². The van der Waals surface area contributed by atoms with Gasteiger partial charge in [-0.25, -0.2) is 0 Å². The lowest BCUT2D eigenvalue weighted by Gasteiger charge is -2.19. The van der Waals surface area contributed by atoms with Crippen LogP contribution in [-0.2, 0) is 9.59 Å². The summed E-state index contributed by atoms with van der Waals surface area (Å²) in [5, 5.41) is 0. The molecule has 1 unspecified atom stereocenters. The Morgan fingerprint density at radius 3 is 2.67 bits per heavy atom. The van der Waals surface area contributed by atoms with Gasteiger partial charge in [-0.1, -0.05) is 0 Å². The van der Waals surface area contributed by atoms with E-state index in [1.807, 2.05) is 0 Å². The summed E-state index contributed by atoms with van der Waals surface area (Å²) in [6.45, 7) is 1.95. The Morgan fingerprint density at radius 2 is 2.20 bits per heavy atom. The SMILES string of the molecule is CN1CC(C(=O)N2CC[C@H](N)C2)CC1=O. The fraction of sp³-hybridized carbons (Fsp3) is 0.800. The fourth-order valence-electron chi connectivity index (χ4n) is 2.27. The number of likely N-dealkylation sites (tertiary alicyclic amines) is 2. The normalized spacial score (nSPS) is 31.5. The molecule has 0 aliphatic carbocycles. The first-order valence-electron chi connectivity index (χ1n) is 5.36. The minimum atomic E-state index is -0.146. The molecule has 5 nitrogen and oxygen atoms in total. The molecule has 0 bridgehead atoms. The van der Waals surface area contributed by atoms with E-state index < -0.39 is 0 Å². The topological polar surface area (TPSA) is 66.6 Å². The van der Waals surface area contributed by atoms with Crippen LogP contribution >= 0.6 is 0 Å². The van der Waals surface area contributed by atoms with E-state index in [4.69, 9.17) is 5.73 Å². The second-order valence-electron chi connectivity index (χ2n) is 4.51. The molecule has 0 aromatic heterocycles. The van der Waals surface area contributed by atoms with Crippen molar-refractivity contribution in [3.05, 3.63) is 0 Å². The third-order valence-electron chi connectivity index (χ3n) is 3.23. The van der Waals surface area contributed by atoms with E-state index in [2.05, 4.69) is 0 Å². The number of carbonyl (C=O) groups excluding carboxylic acids is 2. The number of nitrogens with zero attached hydrogens (tertiary/aromatic N) is 2. The molecular weight excluding hydrogens is 194 g/mol. The molecule has 2 rings (SSSR count).